The molecule has 1 aliphatic rings. The SMILES string of the molecule is Cc1nc(C2=CCS(=N)(=O)CC2)cc2c(NCc3cccc(C(F)F)c3F)ncnc12. The molecule has 2 aromatic heterocycles. The molecule has 0 aliphatic carbocycles. The Bertz CT molecular complexity index is 1290. The van der Waals surface area contributed by atoms with Crippen molar-refractivity contribution < 1.29 is 17.4 Å². The van der Waals surface area contributed by atoms with E-state index < -0.39 is 27.5 Å². The summed E-state index contributed by atoms with van der Waals surface area (Å²) in [6.07, 6.45) is 0.745. The number of hydrogen-bond donors (Lipinski definition) is 2. The molecule has 1 aromatic carbocycles. The van der Waals surface area contributed by atoms with Crippen molar-refractivity contribution in [3.63, 3.8) is 0 Å². The van der Waals surface area contributed by atoms with E-state index in [0.717, 1.165) is 11.6 Å². The van der Waals surface area contributed by atoms with Crippen LogP contribution in [0, 0.1) is 17.5 Å². The lowest BCUT2D eigenvalue weighted by molar-refractivity contribution is 0.146. The molecule has 162 valence electrons. The molecule has 3 aromatic rings. The molecule has 1 atom stereocenters. The number of nitrogens with zero attached hydrogens (tertiary/aromatic N) is 3. The lowest BCUT2D eigenvalue weighted by atomic mass is 10.1. The molecule has 0 saturated carbocycles. The zero-order chi connectivity index (χ0) is 22.2. The first-order chi connectivity index (χ1) is 14.7. The Labute approximate surface area is 177 Å². The maximum Gasteiger partial charge on any atom is 0.266 e. The molecule has 0 fully saturated rings. The van der Waals surface area contributed by atoms with Crippen LogP contribution in [-0.2, 0) is 16.3 Å². The van der Waals surface area contributed by atoms with E-state index in [0.29, 0.717) is 34.5 Å². The average molecular weight is 447 g/mol. The van der Waals surface area contributed by atoms with Gasteiger partial charge in [-0.2, -0.15) is 0 Å². The molecule has 31 heavy (non-hydrogen) atoms. The van der Waals surface area contributed by atoms with Crippen LogP contribution >= 0.6 is 0 Å². The predicted molar refractivity (Wildman–Crippen MR) is 114 cm³/mol. The van der Waals surface area contributed by atoms with Gasteiger partial charge in [-0.25, -0.2) is 27.3 Å². The van der Waals surface area contributed by atoms with Gasteiger partial charge in [-0.05, 0) is 25.0 Å². The van der Waals surface area contributed by atoms with Crippen molar-refractivity contribution in [2.45, 2.75) is 26.3 Å². The molecule has 0 radical (unpaired) electrons. The number of alkyl halides is 2. The lowest BCUT2D eigenvalue weighted by Crippen LogP contribution is -2.14. The Hall–Kier alpha value is -3.01. The maximum absolute atomic E-state index is 14.4. The Kier molecular flexibility index (Phi) is 5.65. The fraction of sp³-hybridized carbons (Fsp3) is 0.286. The van der Waals surface area contributed by atoms with Gasteiger partial charge in [0, 0.05) is 33.0 Å². The molecule has 1 aliphatic heterocycles. The molecular formula is C21H20F3N5OS. The maximum atomic E-state index is 14.4. The highest BCUT2D eigenvalue weighted by molar-refractivity contribution is 7.92. The van der Waals surface area contributed by atoms with Gasteiger partial charge >= 0.3 is 0 Å². The minimum absolute atomic E-state index is 0.0290. The highest BCUT2D eigenvalue weighted by atomic mass is 32.2. The predicted octanol–water partition coefficient (Wildman–Crippen LogP) is 4.86. The number of anilines is 1. The van der Waals surface area contributed by atoms with Crippen molar-refractivity contribution in [3.05, 3.63) is 65.0 Å². The van der Waals surface area contributed by atoms with Gasteiger partial charge in [-0.3, -0.25) is 9.76 Å². The van der Waals surface area contributed by atoms with Crippen molar-refractivity contribution in [1.29, 1.82) is 4.78 Å². The summed E-state index contributed by atoms with van der Waals surface area (Å²) < 4.78 is 60.0. The number of halogens is 3. The van der Waals surface area contributed by atoms with Crippen molar-refractivity contribution in [3.8, 4) is 0 Å². The van der Waals surface area contributed by atoms with Gasteiger partial charge in [-0.15, -0.1) is 0 Å². The lowest BCUT2D eigenvalue weighted by Gasteiger charge is -2.17. The quantitative estimate of drug-likeness (QED) is 0.583. The largest absolute Gasteiger partial charge is 0.365 e. The summed E-state index contributed by atoms with van der Waals surface area (Å²) in [5.74, 6) is -0.0297. The van der Waals surface area contributed by atoms with E-state index in [9.17, 15) is 17.4 Å². The molecule has 0 bridgehead atoms. The van der Waals surface area contributed by atoms with Crippen LogP contribution in [0.2, 0.25) is 0 Å². The number of benzene rings is 1. The number of fused-ring (bicyclic) bond motifs is 1. The molecule has 3 heterocycles. The van der Waals surface area contributed by atoms with Crippen molar-refractivity contribution in [2.24, 2.45) is 0 Å². The van der Waals surface area contributed by atoms with Crippen LogP contribution in [0.25, 0.3) is 16.5 Å². The molecule has 2 N–H and O–H groups in total. The standard InChI is InChI=1S/C21H20F3N5OS/c1-12-19-16(9-17(29-12)13-5-7-31(25,30)8-6-13)21(28-11-27-19)26-10-14-3-2-4-15(18(14)22)20(23)24/h2-5,9,11,20,25H,6-8,10H2,1H3,(H,26,27,28). The number of aromatic nitrogens is 3. The van der Waals surface area contributed by atoms with Crippen molar-refractivity contribution >= 4 is 32.0 Å². The Morgan fingerprint density at radius 1 is 1.29 bits per heavy atom. The topological polar surface area (TPSA) is 91.6 Å². The second kappa shape index (κ2) is 8.26. The third-order valence-corrected chi connectivity index (χ3v) is 6.78. The molecule has 4 rings (SSSR count). The monoisotopic (exact) mass is 447 g/mol. The summed E-state index contributed by atoms with van der Waals surface area (Å²) in [5.41, 5.74) is 2.34. The minimum atomic E-state index is -2.89. The van der Waals surface area contributed by atoms with Gasteiger partial charge in [0.15, 0.2) is 0 Å². The number of aryl methyl sites for hydroxylation is 1. The fourth-order valence-electron chi connectivity index (χ4n) is 3.54. The number of allylic oxidation sites excluding steroid dienone is 1. The van der Waals surface area contributed by atoms with E-state index >= 15 is 0 Å². The highest BCUT2D eigenvalue weighted by Gasteiger charge is 2.19. The number of hydrogen-bond acceptors (Lipinski definition) is 6. The van der Waals surface area contributed by atoms with Crippen molar-refractivity contribution in [2.75, 3.05) is 16.8 Å². The van der Waals surface area contributed by atoms with Gasteiger partial charge in [-0.1, -0.05) is 24.3 Å². The number of pyridine rings is 1. The van der Waals surface area contributed by atoms with E-state index in [-0.39, 0.29) is 23.6 Å². The van der Waals surface area contributed by atoms with Crippen LogP contribution in [0.1, 0.15) is 35.4 Å². The van der Waals surface area contributed by atoms with E-state index in [2.05, 4.69) is 20.3 Å². The van der Waals surface area contributed by atoms with Gasteiger partial charge in [0.1, 0.15) is 18.0 Å². The van der Waals surface area contributed by atoms with E-state index in [1.807, 2.05) is 6.92 Å². The van der Waals surface area contributed by atoms with Crippen LogP contribution in [-0.4, -0.2) is 30.7 Å². The fourth-order valence-corrected chi connectivity index (χ4v) is 4.73. The average Bonchev–Trinajstić information content (AvgIpc) is 2.73. The summed E-state index contributed by atoms with van der Waals surface area (Å²) in [4.78, 5) is 13.1. The third kappa shape index (κ3) is 4.39. The third-order valence-electron chi connectivity index (χ3n) is 5.21. The molecule has 0 spiro atoms. The van der Waals surface area contributed by atoms with Gasteiger partial charge in [0.25, 0.3) is 6.43 Å². The summed E-state index contributed by atoms with van der Waals surface area (Å²) in [5, 5.41) is 3.68. The molecule has 1 unspecified atom stereocenters. The first-order valence-corrected chi connectivity index (χ1v) is 11.5. The zero-order valence-electron chi connectivity index (χ0n) is 16.7. The minimum Gasteiger partial charge on any atom is -0.365 e. The highest BCUT2D eigenvalue weighted by Crippen LogP contribution is 2.29. The molecule has 0 saturated heterocycles. The summed E-state index contributed by atoms with van der Waals surface area (Å²) in [7, 11) is -2.57. The number of rotatable bonds is 5. The second-order valence-electron chi connectivity index (χ2n) is 7.35. The van der Waals surface area contributed by atoms with Gasteiger partial charge in [0.2, 0.25) is 0 Å². The molecular weight excluding hydrogens is 427 g/mol. The smallest absolute Gasteiger partial charge is 0.266 e. The molecule has 10 heteroatoms. The van der Waals surface area contributed by atoms with Crippen molar-refractivity contribution in [1.82, 2.24) is 15.0 Å². The Morgan fingerprint density at radius 3 is 2.81 bits per heavy atom. The van der Waals surface area contributed by atoms with Gasteiger partial charge in [0.05, 0.1) is 28.2 Å². The van der Waals surface area contributed by atoms with Crippen LogP contribution in [0.15, 0.2) is 36.7 Å². The Balaban J connectivity index is 1.68. The second-order valence-corrected chi connectivity index (χ2v) is 9.71. The van der Waals surface area contributed by atoms with Crippen LogP contribution in [0.5, 0.6) is 0 Å². The first kappa shape index (κ1) is 21.2. The molecule has 6 nitrogen and oxygen atoms in total. The summed E-state index contributed by atoms with van der Waals surface area (Å²) in [6, 6.07) is 5.71. The summed E-state index contributed by atoms with van der Waals surface area (Å²) >= 11 is 0. The van der Waals surface area contributed by atoms with E-state index in [1.54, 1.807) is 12.1 Å². The van der Waals surface area contributed by atoms with Crippen LogP contribution in [0.3, 0.4) is 0 Å². The zero-order valence-corrected chi connectivity index (χ0v) is 17.5. The molecule has 0 amide bonds. The van der Waals surface area contributed by atoms with E-state index in [4.69, 9.17) is 4.78 Å². The van der Waals surface area contributed by atoms with Crippen LogP contribution in [0.4, 0.5) is 19.0 Å². The first-order valence-electron chi connectivity index (χ1n) is 9.60. The van der Waals surface area contributed by atoms with Crippen LogP contribution < -0.4 is 5.32 Å². The Morgan fingerprint density at radius 2 is 2.10 bits per heavy atom. The summed E-state index contributed by atoms with van der Waals surface area (Å²) in [6.45, 7) is 1.78. The van der Waals surface area contributed by atoms with E-state index in [1.165, 1.54) is 18.5 Å². The normalized spacial score (nSPS) is 18.9. The van der Waals surface area contributed by atoms with Gasteiger partial charge < -0.3 is 5.32 Å². The number of nitrogens with one attached hydrogen (secondary N) is 2.